The van der Waals surface area contributed by atoms with Crippen molar-refractivity contribution in [3.8, 4) is 10.6 Å². The minimum atomic E-state index is -4.68. The second kappa shape index (κ2) is 14.4. The molecule has 0 aliphatic rings. The maximum atomic E-state index is 11.8. The maximum Gasteiger partial charge on any atom is 1.00 e. The number of nitrogens with zero attached hydrogens (tertiary/aromatic N) is 5. The first-order chi connectivity index (χ1) is 20.2. The number of hydrogen-bond acceptors (Lipinski definition) is 14. The van der Waals surface area contributed by atoms with Crippen LogP contribution >= 0.6 is 11.3 Å². The summed E-state index contributed by atoms with van der Waals surface area (Å²) in [5.74, 6) is 0. The molecular weight excluding hydrogens is 661 g/mol. The van der Waals surface area contributed by atoms with E-state index in [1.807, 2.05) is 0 Å². The molecule has 0 saturated carbocycles. The molecule has 0 saturated heterocycles. The van der Waals surface area contributed by atoms with Crippen LogP contribution in [0.3, 0.4) is 0 Å². The molecule has 1 aromatic heterocycles. The van der Waals surface area contributed by atoms with Gasteiger partial charge in [0.15, 0.2) is 0 Å². The summed E-state index contributed by atoms with van der Waals surface area (Å²) in [5.41, 5.74) is 16.1. The molecule has 0 unspecified atom stereocenters. The van der Waals surface area contributed by atoms with E-state index in [0.717, 1.165) is 23.5 Å². The summed E-state index contributed by atoms with van der Waals surface area (Å²) in [6.07, 6.45) is 0. The van der Waals surface area contributed by atoms with Gasteiger partial charge in [0, 0.05) is 5.56 Å². The molecule has 0 aliphatic heterocycles. The van der Waals surface area contributed by atoms with Crippen LogP contribution in [0.4, 0.5) is 34.1 Å². The number of rotatable bonds is 7. The molecule has 4 N–H and O–H groups in total. The summed E-state index contributed by atoms with van der Waals surface area (Å²) in [5, 5.41) is 17.2. The number of aromatic nitrogens is 1. The Morgan fingerprint density at radius 2 is 1.29 bits per heavy atom. The van der Waals surface area contributed by atoms with Crippen LogP contribution < -0.4 is 70.6 Å². The normalized spacial score (nSPS) is 12.0. The number of benzene rings is 4. The Morgan fingerprint density at radius 3 is 1.87 bits per heavy atom. The van der Waals surface area contributed by atoms with Crippen molar-refractivity contribution < 1.29 is 85.1 Å². The number of aryl methyl sites for hydroxylation is 2. The zero-order valence-electron chi connectivity index (χ0n) is 24.4. The quantitative estimate of drug-likeness (QED) is 0.105. The molecule has 220 valence electrons. The topological polar surface area (TPSA) is 229 Å². The predicted molar refractivity (Wildman–Crippen MR) is 161 cm³/mol. The second-order valence-electron chi connectivity index (χ2n) is 9.32. The monoisotopic (exact) mass is 681 g/mol. The smallest absolute Gasteiger partial charge is 0.744 e. The number of azo groups is 2. The van der Waals surface area contributed by atoms with E-state index in [-0.39, 0.29) is 91.7 Å². The molecule has 0 spiro atoms. The van der Waals surface area contributed by atoms with E-state index in [1.54, 1.807) is 56.3 Å². The van der Waals surface area contributed by atoms with Crippen LogP contribution in [0.25, 0.3) is 20.8 Å². The molecule has 4 aromatic carbocycles. The third-order valence-electron chi connectivity index (χ3n) is 6.30. The van der Waals surface area contributed by atoms with E-state index in [9.17, 15) is 25.9 Å². The fourth-order valence-electron chi connectivity index (χ4n) is 4.07. The van der Waals surface area contributed by atoms with Crippen molar-refractivity contribution >= 4 is 75.9 Å². The molecule has 45 heavy (non-hydrogen) atoms. The van der Waals surface area contributed by atoms with Gasteiger partial charge in [-0.25, -0.2) is 21.8 Å². The fraction of sp³-hybridized carbons (Fsp3) is 0.0741. The zero-order valence-corrected chi connectivity index (χ0v) is 30.9. The first-order valence-electron chi connectivity index (χ1n) is 12.3. The van der Waals surface area contributed by atoms with E-state index < -0.39 is 20.2 Å². The third kappa shape index (κ3) is 8.22. The average molecular weight is 682 g/mol. The number of fused-ring (bicyclic) bond motifs is 1. The molecule has 0 fully saturated rings. The molecule has 0 atom stereocenters. The standard InChI is InChI=1S/C27H23N7O6S3.2Na/c1-14-3-12-20-25(26(14)43(38,39)40)41-27(30-20)16-4-6-17(7-5-16)32-34-24-22(28)15(2)13-21(23(24)29)33-31-18-8-10-19(11-9-18)42(35,36)37;;/h3-13H,28-29H2,1-2H3,(H,35,36,37)(H,38,39,40);;/q;2*+1/p-2. The van der Waals surface area contributed by atoms with Crippen molar-refractivity contribution in [3.05, 3.63) is 77.9 Å². The molecule has 0 amide bonds. The Morgan fingerprint density at radius 1 is 0.711 bits per heavy atom. The minimum absolute atomic E-state index is 0. The van der Waals surface area contributed by atoms with Crippen LogP contribution in [0, 0.1) is 13.8 Å². The zero-order chi connectivity index (χ0) is 31.1. The van der Waals surface area contributed by atoms with Crippen molar-refractivity contribution in [2.24, 2.45) is 20.5 Å². The van der Waals surface area contributed by atoms with Crippen molar-refractivity contribution in [1.29, 1.82) is 0 Å². The van der Waals surface area contributed by atoms with Crippen molar-refractivity contribution in [1.82, 2.24) is 4.98 Å². The predicted octanol–water partition coefficient (Wildman–Crippen LogP) is 0.392. The number of nitrogens with two attached hydrogens (primary N) is 2. The Labute approximate surface area is 307 Å². The summed E-state index contributed by atoms with van der Waals surface area (Å²) >= 11 is 1.11. The van der Waals surface area contributed by atoms with Crippen molar-refractivity contribution in [2.75, 3.05) is 11.5 Å². The Balaban J connectivity index is 0.00000276. The molecule has 0 aliphatic carbocycles. The van der Waals surface area contributed by atoms with Gasteiger partial charge in [-0.15, -0.1) is 21.6 Å². The Hall–Kier alpha value is -2.61. The van der Waals surface area contributed by atoms with Crippen LogP contribution in [-0.2, 0) is 20.2 Å². The number of hydrogen-bond donors (Lipinski definition) is 2. The van der Waals surface area contributed by atoms with Gasteiger partial charge in [0.25, 0.3) is 0 Å². The minimum Gasteiger partial charge on any atom is -0.744 e. The maximum absolute atomic E-state index is 11.8. The van der Waals surface area contributed by atoms with Crippen LogP contribution in [0.15, 0.2) is 97.0 Å². The van der Waals surface area contributed by atoms with Crippen molar-refractivity contribution in [2.45, 2.75) is 23.6 Å². The molecule has 0 radical (unpaired) electrons. The van der Waals surface area contributed by atoms with E-state index in [1.165, 1.54) is 12.1 Å². The van der Waals surface area contributed by atoms with Gasteiger partial charge in [0.1, 0.15) is 36.6 Å². The van der Waals surface area contributed by atoms with Gasteiger partial charge in [-0.2, -0.15) is 10.2 Å². The molecule has 5 aromatic rings. The van der Waals surface area contributed by atoms with Gasteiger partial charge < -0.3 is 20.6 Å². The Bertz CT molecular complexity index is 2170. The molecule has 18 heteroatoms. The summed E-state index contributed by atoms with van der Waals surface area (Å²) < 4.78 is 69.1. The third-order valence-corrected chi connectivity index (χ3v) is 9.44. The second-order valence-corrected chi connectivity index (χ2v) is 13.0. The molecule has 5 rings (SSSR count). The van der Waals surface area contributed by atoms with Gasteiger partial charge in [-0.3, -0.25) is 0 Å². The molecule has 0 bridgehead atoms. The van der Waals surface area contributed by atoms with E-state index in [2.05, 4.69) is 25.4 Å². The first-order valence-corrected chi connectivity index (χ1v) is 15.9. The fourth-order valence-corrected chi connectivity index (χ4v) is 6.83. The number of anilines is 2. The number of nitrogen functional groups attached to an aromatic ring is 2. The van der Waals surface area contributed by atoms with Crippen LogP contribution in [0.5, 0.6) is 0 Å². The van der Waals surface area contributed by atoms with Gasteiger partial charge in [-0.05, 0) is 85.6 Å². The van der Waals surface area contributed by atoms with Gasteiger partial charge in [-0.1, -0.05) is 6.07 Å². The van der Waals surface area contributed by atoms with Crippen molar-refractivity contribution in [3.63, 3.8) is 0 Å². The van der Waals surface area contributed by atoms with Gasteiger partial charge in [0.05, 0.1) is 42.8 Å². The van der Waals surface area contributed by atoms with Gasteiger partial charge >= 0.3 is 59.1 Å². The number of thiazole rings is 1. The van der Waals surface area contributed by atoms with E-state index in [4.69, 9.17) is 11.5 Å². The summed E-state index contributed by atoms with van der Waals surface area (Å²) in [7, 11) is -9.26. The van der Waals surface area contributed by atoms with Crippen LogP contribution in [0.2, 0.25) is 0 Å². The SMILES string of the molecule is Cc1cc(N=Nc2ccc(S(=O)(=O)[O-])cc2)c(N)c(N=Nc2ccc(-c3nc4ccc(C)c(S(=O)(=O)[O-])c4s3)cc2)c1N.[Na+].[Na+]. The summed E-state index contributed by atoms with van der Waals surface area (Å²) in [4.78, 5) is 3.84. The van der Waals surface area contributed by atoms with Gasteiger partial charge in [0.2, 0.25) is 0 Å². The molecule has 13 nitrogen and oxygen atoms in total. The summed E-state index contributed by atoms with van der Waals surface area (Å²) in [6.45, 7) is 3.30. The van der Waals surface area contributed by atoms with Crippen LogP contribution in [0.1, 0.15) is 11.1 Å². The van der Waals surface area contributed by atoms with Crippen LogP contribution in [-0.4, -0.2) is 30.9 Å². The molecule has 1 heterocycles. The van der Waals surface area contributed by atoms with E-state index in [0.29, 0.717) is 43.3 Å². The first kappa shape index (κ1) is 36.9. The summed E-state index contributed by atoms with van der Waals surface area (Å²) in [6, 6.07) is 16.6. The largest absolute Gasteiger partial charge is 1.00 e. The molecular formula is C27H21N7Na2O6S3. The van der Waals surface area contributed by atoms with E-state index >= 15 is 0 Å². The Kier molecular flexibility index (Phi) is 11.8. The average Bonchev–Trinajstić information content (AvgIpc) is 3.37.